The molecule has 19 heavy (non-hydrogen) atoms. The molecule has 0 saturated heterocycles. The van der Waals surface area contributed by atoms with Crippen molar-refractivity contribution in [3.63, 3.8) is 0 Å². The van der Waals surface area contributed by atoms with E-state index in [9.17, 15) is 25.7 Å². The minimum atomic E-state index is -1.71. The van der Waals surface area contributed by atoms with Crippen LogP contribution < -0.4 is 5.73 Å². The molecular formula is C13H14N4O2. The second-order valence-corrected chi connectivity index (χ2v) is 4.57. The van der Waals surface area contributed by atoms with E-state index >= 15 is 0 Å². The van der Waals surface area contributed by atoms with Crippen molar-refractivity contribution >= 4 is 5.78 Å². The molecule has 98 valence electrons. The summed E-state index contributed by atoms with van der Waals surface area (Å²) in [4.78, 5) is 11.7. The van der Waals surface area contributed by atoms with Gasteiger partial charge in [-0.2, -0.15) is 15.8 Å². The Balaban J connectivity index is 3.50. The van der Waals surface area contributed by atoms with Crippen LogP contribution in [0.15, 0.2) is 11.3 Å². The van der Waals surface area contributed by atoms with Gasteiger partial charge in [0.05, 0.1) is 24.8 Å². The van der Waals surface area contributed by atoms with Gasteiger partial charge in [0.15, 0.2) is 5.41 Å². The third kappa shape index (κ3) is 1.85. The Kier molecular flexibility index (Phi) is 3.95. The van der Waals surface area contributed by atoms with Crippen molar-refractivity contribution in [1.82, 2.24) is 0 Å². The van der Waals surface area contributed by atoms with Crippen molar-refractivity contribution < 1.29 is 9.90 Å². The van der Waals surface area contributed by atoms with Crippen LogP contribution in [0.3, 0.4) is 0 Å². The number of Topliss-reactive ketones (excluding diaryl/α,β-unsaturated/α-hetero) is 1. The first-order valence-electron chi connectivity index (χ1n) is 5.81. The zero-order valence-corrected chi connectivity index (χ0v) is 10.6. The van der Waals surface area contributed by atoms with Crippen molar-refractivity contribution in [2.24, 2.45) is 16.6 Å². The molecule has 0 aromatic heterocycles. The Morgan fingerprint density at radius 1 is 1.37 bits per heavy atom. The van der Waals surface area contributed by atoms with E-state index in [-0.39, 0.29) is 36.3 Å². The van der Waals surface area contributed by atoms with E-state index in [1.807, 2.05) is 18.2 Å². The minimum absolute atomic E-state index is 0.0117. The lowest BCUT2D eigenvalue weighted by Crippen LogP contribution is -2.40. The summed E-state index contributed by atoms with van der Waals surface area (Å²) in [6.45, 7) is 1.20. The van der Waals surface area contributed by atoms with Crippen LogP contribution >= 0.6 is 0 Å². The predicted octanol–water partition coefficient (Wildman–Crippen LogP) is 0.508. The van der Waals surface area contributed by atoms with Crippen LogP contribution in [0, 0.1) is 44.8 Å². The number of nitriles is 3. The van der Waals surface area contributed by atoms with E-state index in [1.54, 1.807) is 6.92 Å². The average Bonchev–Trinajstić information content (AvgIpc) is 2.69. The Labute approximate surface area is 111 Å². The number of carbonyl (C=O) groups is 1. The zero-order chi connectivity index (χ0) is 14.7. The number of aliphatic hydroxyl groups is 1. The molecule has 0 saturated carbocycles. The molecule has 1 unspecified atom stereocenters. The highest BCUT2D eigenvalue weighted by atomic mass is 16.3. The van der Waals surface area contributed by atoms with Gasteiger partial charge in [-0.25, -0.2) is 0 Å². The fraction of sp³-hybridized carbons (Fsp3) is 0.538. The number of rotatable bonds is 4. The molecule has 1 atom stereocenters. The maximum Gasteiger partial charge on any atom is 0.172 e. The molecule has 0 amide bonds. The van der Waals surface area contributed by atoms with Crippen molar-refractivity contribution in [3.8, 4) is 18.2 Å². The van der Waals surface area contributed by atoms with Gasteiger partial charge in [0.2, 0.25) is 0 Å². The summed E-state index contributed by atoms with van der Waals surface area (Å²) in [6.07, 6.45) is -0.193. The van der Waals surface area contributed by atoms with E-state index in [0.717, 1.165) is 0 Å². The zero-order valence-electron chi connectivity index (χ0n) is 10.6. The third-order valence-corrected chi connectivity index (χ3v) is 3.67. The van der Waals surface area contributed by atoms with Crippen LogP contribution in [0.1, 0.15) is 26.2 Å². The standard InChI is InChI=1S/C13H14N4O2/c1-2-10(19)4-13(8-16)11(17)9(5-18)3-12(13,6-14)7-15/h18H,2-5,17H2,1H3. The lowest BCUT2D eigenvalue weighted by molar-refractivity contribution is -0.120. The second kappa shape index (κ2) is 5.10. The number of ketones is 1. The van der Waals surface area contributed by atoms with Crippen LogP contribution in [0.5, 0.6) is 0 Å². The van der Waals surface area contributed by atoms with Gasteiger partial charge < -0.3 is 10.8 Å². The van der Waals surface area contributed by atoms with Gasteiger partial charge >= 0.3 is 0 Å². The fourth-order valence-electron chi connectivity index (χ4n) is 2.40. The van der Waals surface area contributed by atoms with Gasteiger partial charge in [-0.15, -0.1) is 0 Å². The second-order valence-electron chi connectivity index (χ2n) is 4.57. The first-order chi connectivity index (χ1) is 8.96. The highest BCUT2D eigenvalue weighted by Gasteiger charge is 2.61. The highest BCUT2D eigenvalue weighted by molar-refractivity contribution is 5.80. The molecule has 1 aliphatic rings. The van der Waals surface area contributed by atoms with E-state index in [4.69, 9.17) is 5.73 Å². The van der Waals surface area contributed by atoms with Gasteiger partial charge in [0, 0.05) is 25.0 Å². The largest absolute Gasteiger partial charge is 0.401 e. The normalized spacial score (nSPS) is 24.4. The molecule has 1 aliphatic carbocycles. The third-order valence-electron chi connectivity index (χ3n) is 3.67. The molecule has 3 N–H and O–H groups in total. The fourth-order valence-corrected chi connectivity index (χ4v) is 2.40. The van der Waals surface area contributed by atoms with E-state index < -0.39 is 17.4 Å². The number of aliphatic hydroxyl groups excluding tert-OH is 1. The van der Waals surface area contributed by atoms with Gasteiger partial charge in [-0.3, -0.25) is 4.79 Å². The Morgan fingerprint density at radius 3 is 2.32 bits per heavy atom. The van der Waals surface area contributed by atoms with Crippen LogP contribution in [0.4, 0.5) is 0 Å². The molecule has 0 aromatic rings. The number of nitrogens with zero attached hydrogens (tertiary/aromatic N) is 3. The molecule has 0 aromatic carbocycles. The number of nitrogens with two attached hydrogens (primary N) is 1. The smallest absolute Gasteiger partial charge is 0.172 e. The van der Waals surface area contributed by atoms with Gasteiger partial charge in [-0.05, 0) is 5.57 Å². The predicted molar refractivity (Wildman–Crippen MR) is 64.5 cm³/mol. The molecule has 0 fully saturated rings. The average molecular weight is 258 g/mol. The topological polar surface area (TPSA) is 135 Å². The number of carbonyl (C=O) groups excluding carboxylic acids is 1. The Morgan fingerprint density at radius 2 is 1.95 bits per heavy atom. The number of allylic oxidation sites excluding steroid dienone is 1. The van der Waals surface area contributed by atoms with E-state index in [0.29, 0.717) is 0 Å². The van der Waals surface area contributed by atoms with Crippen molar-refractivity contribution in [1.29, 1.82) is 15.8 Å². The first kappa shape index (κ1) is 14.7. The van der Waals surface area contributed by atoms with Gasteiger partial charge in [0.1, 0.15) is 11.2 Å². The van der Waals surface area contributed by atoms with Crippen LogP contribution in [-0.4, -0.2) is 17.5 Å². The van der Waals surface area contributed by atoms with Crippen LogP contribution in [0.25, 0.3) is 0 Å². The summed E-state index contributed by atoms with van der Waals surface area (Å²) >= 11 is 0. The van der Waals surface area contributed by atoms with Gasteiger partial charge in [0.25, 0.3) is 0 Å². The molecule has 6 nitrogen and oxygen atoms in total. The molecule has 6 heteroatoms. The first-order valence-corrected chi connectivity index (χ1v) is 5.81. The van der Waals surface area contributed by atoms with Gasteiger partial charge in [-0.1, -0.05) is 6.92 Å². The van der Waals surface area contributed by atoms with Crippen molar-refractivity contribution in [2.45, 2.75) is 26.2 Å². The maximum absolute atomic E-state index is 11.7. The molecule has 0 spiro atoms. The Bertz CT molecular complexity index is 545. The summed E-state index contributed by atoms with van der Waals surface area (Å²) in [5.74, 6) is -0.251. The monoisotopic (exact) mass is 258 g/mol. The lowest BCUT2D eigenvalue weighted by Gasteiger charge is -2.31. The molecule has 0 heterocycles. The molecular weight excluding hydrogens is 244 g/mol. The SMILES string of the molecule is CCC(=O)CC1(C#N)C(N)=C(CO)CC1(C#N)C#N. The summed E-state index contributed by atoms with van der Waals surface area (Å²) < 4.78 is 0. The molecule has 1 rings (SSSR count). The summed E-state index contributed by atoms with van der Waals surface area (Å²) in [6, 6.07) is 5.54. The highest BCUT2D eigenvalue weighted by Crippen LogP contribution is 2.55. The van der Waals surface area contributed by atoms with Crippen LogP contribution in [0.2, 0.25) is 0 Å². The summed E-state index contributed by atoms with van der Waals surface area (Å²) in [5.41, 5.74) is 2.75. The molecule has 0 bridgehead atoms. The lowest BCUT2D eigenvalue weighted by atomic mass is 9.64. The molecule has 0 aliphatic heterocycles. The minimum Gasteiger partial charge on any atom is -0.401 e. The number of hydrogen-bond acceptors (Lipinski definition) is 6. The maximum atomic E-state index is 11.7. The van der Waals surface area contributed by atoms with Crippen molar-refractivity contribution in [3.05, 3.63) is 11.3 Å². The Hall–Kier alpha value is -2.36. The summed E-state index contributed by atoms with van der Waals surface area (Å²) in [5, 5.41) is 37.3. The number of hydrogen-bond donors (Lipinski definition) is 2. The van der Waals surface area contributed by atoms with Crippen LogP contribution in [-0.2, 0) is 4.79 Å². The van der Waals surface area contributed by atoms with Crippen molar-refractivity contribution in [2.75, 3.05) is 6.61 Å². The molecule has 0 radical (unpaired) electrons. The summed E-state index contributed by atoms with van der Waals surface area (Å²) in [7, 11) is 0. The van der Waals surface area contributed by atoms with E-state index in [2.05, 4.69) is 0 Å². The quantitative estimate of drug-likeness (QED) is 0.754. The van der Waals surface area contributed by atoms with E-state index in [1.165, 1.54) is 0 Å².